The van der Waals surface area contributed by atoms with Crippen molar-refractivity contribution in [3.8, 4) is 0 Å². The minimum Gasteiger partial charge on any atom is -0.483 e. The molecule has 4 aromatic rings. The van der Waals surface area contributed by atoms with Crippen LogP contribution in [0.5, 0.6) is 0 Å². The van der Waals surface area contributed by atoms with E-state index in [4.69, 9.17) is 9.90 Å². The van der Waals surface area contributed by atoms with Gasteiger partial charge in [0.1, 0.15) is 0 Å². The molecule has 48 heavy (non-hydrogen) atoms. The van der Waals surface area contributed by atoms with Gasteiger partial charge in [-0.3, -0.25) is 13.9 Å². The highest BCUT2D eigenvalue weighted by Crippen LogP contribution is 2.36. The van der Waals surface area contributed by atoms with E-state index in [9.17, 15) is 31.5 Å². The summed E-state index contributed by atoms with van der Waals surface area (Å²) in [6.07, 6.45) is -1.66. The molecule has 0 aliphatic carbocycles. The molecule has 1 aliphatic rings. The number of aliphatic hydroxyl groups excluding tert-OH is 1. The van der Waals surface area contributed by atoms with Gasteiger partial charge in [-0.25, -0.2) is 8.42 Å². The molecular formula is C34H39F3N4O6S. The molecule has 3 aromatic carbocycles. The average molecular weight is 689 g/mol. The lowest BCUT2D eigenvalue weighted by Crippen LogP contribution is -2.48. The first kappa shape index (κ1) is 36.4. The molecule has 0 spiro atoms. The topological polar surface area (TPSA) is 141 Å². The lowest BCUT2D eigenvalue weighted by Gasteiger charge is -2.25. The van der Waals surface area contributed by atoms with Crippen LogP contribution in [-0.4, -0.2) is 67.1 Å². The number of halogens is 3. The number of carboxylic acid groups (broad SMARTS) is 1. The lowest BCUT2D eigenvalue weighted by molar-refractivity contribution is -0.137. The highest BCUT2D eigenvalue weighted by Gasteiger charge is 2.31. The molecule has 10 nitrogen and oxygen atoms in total. The van der Waals surface area contributed by atoms with Gasteiger partial charge in [-0.15, -0.1) is 0 Å². The van der Waals surface area contributed by atoms with Gasteiger partial charge in [0.05, 0.1) is 34.7 Å². The second-order valence-corrected chi connectivity index (χ2v) is 13.7. The van der Waals surface area contributed by atoms with Crippen molar-refractivity contribution in [1.82, 2.24) is 15.2 Å². The third-order valence-corrected chi connectivity index (χ3v) is 9.91. The second kappa shape index (κ2) is 15.7. The number of amides is 1. The fraction of sp³-hybridized carbons (Fsp3) is 0.353. The molecule has 1 amide bonds. The van der Waals surface area contributed by atoms with Crippen molar-refractivity contribution in [1.29, 1.82) is 0 Å². The first-order chi connectivity index (χ1) is 22.8. The standard InChI is InChI=1S/C33H37F3N4O4S.CH2O2/c1-3-8-24-21-40-13-14-45(43,44)39(2)29-18-25(17-27(24)31(29)40)32(42)38-28(16-22-9-5-4-6-10-22)30(41)20-37-19-23-11-7-12-26(15-23)33(34,35)36;2-1-3/h4-7,9-12,15,17-18,21,28,30,37,41H,3,8,13-14,16,19-20H2,1-2H3,(H,38,42);1H,(H,2,3)/t28-,30+;/m0./s1. The Morgan fingerprint density at radius 1 is 1.06 bits per heavy atom. The van der Waals surface area contributed by atoms with Crippen LogP contribution in [0.25, 0.3) is 10.9 Å². The predicted molar refractivity (Wildman–Crippen MR) is 177 cm³/mol. The van der Waals surface area contributed by atoms with Crippen molar-refractivity contribution in [2.45, 2.75) is 57.6 Å². The van der Waals surface area contributed by atoms with Crippen molar-refractivity contribution in [2.75, 3.05) is 23.7 Å². The van der Waals surface area contributed by atoms with E-state index in [1.54, 1.807) is 18.2 Å². The Labute approximate surface area is 277 Å². The minimum atomic E-state index is -4.46. The van der Waals surface area contributed by atoms with E-state index < -0.39 is 39.8 Å². The SMILES string of the molecule is CCCc1cn2c3c(cc(C(=O)N[C@@H](Cc4ccccc4)[C@H](O)CNCc4cccc(C(F)(F)F)c4)cc13)N(C)S(=O)(=O)CC2.O=CO. The van der Waals surface area contributed by atoms with Gasteiger partial charge in [-0.1, -0.05) is 61.9 Å². The van der Waals surface area contributed by atoms with Crippen LogP contribution in [0.1, 0.15) is 46.0 Å². The number of anilines is 1. The van der Waals surface area contributed by atoms with Crippen LogP contribution in [0.4, 0.5) is 18.9 Å². The molecule has 0 saturated heterocycles. The van der Waals surface area contributed by atoms with E-state index in [0.717, 1.165) is 47.0 Å². The van der Waals surface area contributed by atoms with Gasteiger partial charge < -0.3 is 25.4 Å². The van der Waals surface area contributed by atoms with E-state index in [-0.39, 0.29) is 30.9 Å². The number of aryl methyl sites for hydroxylation is 2. The van der Waals surface area contributed by atoms with Gasteiger partial charge in [0.2, 0.25) is 10.0 Å². The number of benzene rings is 3. The van der Waals surface area contributed by atoms with Crippen LogP contribution in [-0.2, 0) is 46.9 Å². The second-order valence-electron chi connectivity index (χ2n) is 11.5. The number of carbonyl (C=O) groups excluding carboxylic acids is 1. The fourth-order valence-electron chi connectivity index (χ4n) is 5.77. The molecule has 0 fully saturated rings. The predicted octanol–water partition coefficient (Wildman–Crippen LogP) is 4.58. The maximum absolute atomic E-state index is 13.8. The summed E-state index contributed by atoms with van der Waals surface area (Å²) < 4.78 is 68.5. The smallest absolute Gasteiger partial charge is 0.416 e. The molecule has 2 atom stereocenters. The molecule has 14 heteroatoms. The summed E-state index contributed by atoms with van der Waals surface area (Å²) in [6, 6.07) is 16.9. The van der Waals surface area contributed by atoms with Gasteiger partial charge >= 0.3 is 6.18 Å². The highest BCUT2D eigenvalue weighted by atomic mass is 32.2. The van der Waals surface area contributed by atoms with Crippen molar-refractivity contribution < 1.29 is 41.4 Å². The van der Waals surface area contributed by atoms with Gasteiger partial charge in [0.15, 0.2) is 0 Å². The van der Waals surface area contributed by atoms with Crippen molar-refractivity contribution in [2.24, 2.45) is 0 Å². The Kier molecular flexibility index (Phi) is 11.9. The lowest BCUT2D eigenvalue weighted by atomic mass is 9.99. The molecule has 258 valence electrons. The van der Waals surface area contributed by atoms with Crippen LogP contribution in [0.3, 0.4) is 0 Å². The van der Waals surface area contributed by atoms with Gasteiger partial charge in [0, 0.05) is 43.8 Å². The Hall–Kier alpha value is -4.40. The molecule has 5 rings (SSSR count). The Morgan fingerprint density at radius 3 is 2.42 bits per heavy atom. The summed E-state index contributed by atoms with van der Waals surface area (Å²) in [4.78, 5) is 22.2. The van der Waals surface area contributed by atoms with Crippen LogP contribution in [0.2, 0.25) is 0 Å². The quantitative estimate of drug-likeness (QED) is 0.169. The summed E-state index contributed by atoms with van der Waals surface area (Å²) in [6.45, 7) is 2.21. The van der Waals surface area contributed by atoms with Crippen molar-refractivity contribution >= 4 is 39.0 Å². The molecule has 0 saturated carbocycles. The molecule has 1 aliphatic heterocycles. The summed E-state index contributed by atoms with van der Waals surface area (Å²) >= 11 is 0. The first-order valence-corrected chi connectivity index (χ1v) is 17.0. The van der Waals surface area contributed by atoms with Gasteiger partial charge in [-0.2, -0.15) is 13.2 Å². The highest BCUT2D eigenvalue weighted by molar-refractivity contribution is 7.92. The number of nitrogens with zero attached hydrogens (tertiary/aromatic N) is 2. The van der Waals surface area contributed by atoms with Crippen molar-refractivity contribution in [3.63, 3.8) is 0 Å². The number of alkyl halides is 3. The number of sulfonamides is 1. The summed E-state index contributed by atoms with van der Waals surface area (Å²) in [5, 5.41) is 24.9. The number of aliphatic hydroxyl groups is 1. The number of carbonyl (C=O) groups is 2. The van der Waals surface area contributed by atoms with E-state index in [1.807, 2.05) is 41.1 Å². The largest absolute Gasteiger partial charge is 0.483 e. The molecule has 0 bridgehead atoms. The zero-order valence-electron chi connectivity index (χ0n) is 26.6. The normalized spacial score (nSPS) is 15.2. The number of aromatic nitrogens is 1. The molecule has 0 radical (unpaired) electrons. The molecular weight excluding hydrogens is 649 g/mol. The van der Waals surface area contributed by atoms with E-state index in [1.165, 1.54) is 17.4 Å². The van der Waals surface area contributed by atoms with E-state index >= 15 is 0 Å². The summed E-state index contributed by atoms with van der Waals surface area (Å²) in [7, 11) is -2.11. The van der Waals surface area contributed by atoms with Crippen LogP contribution >= 0.6 is 0 Å². The van der Waals surface area contributed by atoms with Crippen LogP contribution in [0.15, 0.2) is 72.9 Å². The Balaban J connectivity index is 0.00000167. The maximum Gasteiger partial charge on any atom is 0.416 e. The monoisotopic (exact) mass is 688 g/mol. The maximum atomic E-state index is 13.8. The zero-order chi connectivity index (χ0) is 35.1. The number of rotatable bonds is 11. The number of nitrogens with one attached hydrogen (secondary N) is 2. The molecule has 0 unspecified atom stereocenters. The Bertz CT molecular complexity index is 1830. The van der Waals surface area contributed by atoms with Gasteiger partial charge in [-0.05, 0) is 47.7 Å². The minimum absolute atomic E-state index is 0.00277. The third-order valence-electron chi connectivity index (χ3n) is 8.18. The third kappa shape index (κ3) is 8.74. The number of hydrogen-bond acceptors (Lipinski definition) is 6. The van der Waals surface area contributed by atoms with E-state index in [0.29, 0.717) is 24.2 Å². The van der Waals surface area contributed by atoms with Crippen molar-refractivity contribution in [3.05, 3.63) is 101 Å². The molecule has 2 heterocycles. The van der Waals surface area contributed by atoms with Gasteiger partial charge in [0.25, 0.3) is 12.4 Å². The first-order valence-electron chi connectivity index (χ1n) is 15.4. The molecule has 1 aromatic heterocycles. The Morgan fingerprint density at radius 2 is 1.75 bits per heavy atom. The summed E-state index contributed by atoms with van der Waals surface area (Å²) in [5.41, 5.74) is 3.00. The van der Waals surface area contributed by atoms with Crippen LogP contribution in [0, 0.1) is 0 Å². The average Bonchev–Trinajstić information content (AvgIpc) is 3.36. The summed E-state index contributed by atoms with van der Waals surface area (Å²) in [5.74, 6) is -0.537. The molecule has 4 N–H and O–H groups in total. The number of hydrogen-bond donors (Lipinski definition) is 4. The van der Waals surface area contributed by atoms with E-state index in [2.05, 4.69) is 17.6 Å². The van der Waals surface area contributed by atoms with Crippen LogP contribution < -0.4 is 14.9 Å². The zero-order valence-corrected chi connectivity index (χ0v) is 27.4. The fourth-order valence-corrected chi connectivity index (χ4v) is 6.91.